The van der Waals surface area contributed by atoms with E-state index in [1.807, 2.05) is 11.8 Å². The van der Waals surface area contributed by atoms with Crippen LogP contribution in [0, 0.1) is 18.3 Å². The first kappa shape index (κ1) is 22.1. The molecular formula is C23H22ClN5O2S. The standard InChI is InChI=1S/C23H22ClN5O2S/c1-16-5-11-19(12-6-16)32(30,31)28-23-26-21(17-7-9-18(24)10-8-17)20(15-25)22(27-23)29-13-3-2-4-14-29/h5-12H,2-4,13-14H2,1H3,(H,26,27,28). The highest BCUT2D eigenvalue weighted by atomic mass is 35.5. The highest BCUT2D eigenvalue weighted by Crippen LogP contribution is 2.32. The van der Waals surface area contributed by atoms with Crippen LogP contribution in [-0.4, -0.2) is 31.5 Å². The topological polar surface area (TPSA) is 99.0 Å². The van der Waals surface area contributed by atoms with Crippen LogP contribution in [-0.2, 0) is 10.0 Å². The van der Waals surface area contributed by atoms with Crippen molar-refractivity contribution in [1.29, 1.82) is 5.26 Å². The van der Waals surface area contributed by atoms with Gasteiger partial charge in [0.05, 0.1) is 10.6 Å². The molecule has 2 aromatic carbocycles. The summed E-state index contributed by atoms with van der Waals surface area (Å²) in [6.45, 7) is 3.38. The second-order valence-electron chi connectivity index (χ2n) is 7.68. The number of nitriles is 1. The third kappa shape index (κ3) is 4.69. The van der Waals surface area contributed by atoms with E-state index in [2.05, 4.69) is 20.8 Å². The molecule has 0 amide bonds. The number of hydrogen-bond acceptors (Lipinski definition) is 6. The van der Waals surface area contributed by atoms with Gasteiger partial charge in [0.25, 0.3) is 10.0 Å². The van der Waals surface area contributed by atoms with Gasteiger partial charge in [-0.1, -0.05) is 41.4 Å². The quantitative estimate of drug-likeness (QED) is 0.580. The van der Waals surface area contributed by atoms with E-state index in [1.54, 1.807) is 36.4 Å². The molecule has 0 aliphatic carbocycles. The molecule has 0 radical (unpaired) electrons. The Balaban J connectivity index is 1.83. The third-order valence-corrected chi connectivity index (χ3v) is 6.93. The van der Waals surface area contributed by atoms with Gasteiger partial charge in [0.2, 0.25) is 5.95 Å². The van der Waals surface area contributed by atoms with E-state index in [-0.39, 0.29) is 10.8 Å². The van der Waals surface area contributed by atoms with Crippen LogP contribution in [0.3, 0.4) is 0 Å². The van der Waals surface area contributed by atoms with Crippen molar-refractivity contribution in [3.05, 3.63) is 64.7 Å². The van der Waals surface area contributed by atoms with Crippen LogP contribution < -0.4 is 9.62 Å². The molecule has 0 spiro atoms. The highest BCUT2D eigenvalue weighted by molar-refractivity contribution is 7.92. The van der Waals surface area contributed by atoms with E-state index in [0.29, 0.717) is 27.7 Å². The van der Waals surface area contributed by atoms with Gasteiger partial charge < -0.3 is 4.90 Å². The average molecular weight is 468 g/mol. The van der Waals surface area contributed by atoms with Crippen molar-refractivity contribution < 1.29 is 8.42 Å². The fraction of sp³-hybridized carbons (Fsp3) is 0.261. The predicted octanol–water partition coefficient (Wildman–Crippen LogP) is 4.77. The van der Waals surface area contributed by atoms with E-state index in [4.69, 9.17) is 11.6 Å². The Hall–Kier alpha value is -3.15. The van der Waals surface area contributed by atoms with Crippen molar-refractivity contribution in [2.24, 2.45) is 0 Å². The number of rotatable bonds is 5. The minimum atomic E-state index is -3.90. The number of hydrogen-bond donors (Lipinski definition) is 1. The van der Waals surface area contributed by atoms with Crippen molar-refractivity contribution in [3.8, 4) is 17.3 Å². The zero-order valence-corrected chi connectivity index (χ0v) is 19.1. The van der Waals surface area contributed by atoms with Gasteiger partial charge in [0.1, 0.15) is 11.6 Å². The lowest BCUT2D eigenvalue weighted by Gasteiger charge is -2.29. The summed E-state index contributed by atoms with van der Waals surface area (Å²) in [4.78, 5) is 11.0. The molecule has 1 fully saturated rings. The van der Waals surface area contributed by atoms with E-state index in [0.717, 1.165) is 37.9 Å². The maximum Gasteiger partial charge on any atom is 0.264 e. The Morgan fingerprint density at radius 3 is 2.28 bits per heavy atom. The lowest BCUT2D eigenvalue weighted by atomic mass is 10.1. The maximum absolute atomic E-state index is 13.0. The number of nitrogens with zero attached hydrogens (tertiary/aromatic N) is 4. The summed E-state index contributed by atoms with van der Waals surface area (Å²) in [7, 11) is -3.90. The first-order valence-corrected chi connectivity index (χ1v) is 12.2. The number of piperidine rings is 1. The second-order valence-corrected chi connectivity index (χ2v) is 9.80. The molecular weight excluding hydrogens is 446 g/mol. The van der Waals surface area contributed by atoms with Gasteiger partial charge in [0.15, 0.2) is 5.82 Å². The number of benzene rings is 2. The average Bonchev–Trinajstić information content (AvgIpc) is 2.79. The van der Waals surface area contributed by atoms with Gasteiger partial charge in [-0.05, 0) is 50.5 Å². The van der Waals surface area contributed by atoms with Crippen LogP contribution >= 0.6 is 11.6 Å². The molecule has 1 aliphatic heterocycles. The number of halogens is 1. The number of anilines is 2. The van der Waals surface area contributed by atoms with Gasteiger partial charge in [-0.15, -0.1) is 0 Å². The summed E-state index contributed by atoms with van der Waals surface area (Å²) >= 11 is 6.03. The molecule has 0 saturated carbocycles. The largest absolute Gasteiger partial charge is 0.355 e. The first-order valence-electron chi connectivity index (χ1n) is 10.3. The minimum absolute atomic E-state index is 0.0740. The van der Waals surface area contributed by atoms with E-state index >= 15 is 0 Å². The predicted molar refractivity (Wildman–Crippen MR) is 125 cm³/mol. The molecule has 32 heavy (non-hydrogen) atoms. The summed E-state index contributed by atoms with van der Waals surface area (Å²) < 4.78 is 28.4. The molecule has 0 bridgehead atoms. The van der Waals surface area contributed by atoms with E-state index in [9.17, 15) is 13.7 Å². The third-order valence-electron chi connectivity index (χ3n) is 5.33. The van der Waals surface area contributed by atoms with E-state index in [1.165, 1.54) is 12.1 Å². The van der Waals surface area contributed by atoms with Crippen LogP contribution in [0.4, 0.5) is 11.8 Å². The van der Waals surface area contributed by atoms with Crippen LogP contribution in [0.25, 0.3) is 11.3 Å². The molecule has 1 N–H and O–H groups in total. The van der Waals surface area contributed by atoms with Crippen molar-refractivity contribution in [3.63, 3.8) is 0 Å². The fourth-order valence-corrected chi connectivity index (χ4v) is 4.72. The smallest absolute Gasteiger partial charge is 0.264 e. The number of aromatic nitrogens is 2. The molecule has 0 unspecified atom stereocenters. The molecule has 1 saturated heterocycles. The Bertz CT molecular complexity index is 1260. The molecule has 1 aromatic heterocycles. The van der Waals surface area contributed by atoms with Gasteiger partial charge in [-0.25, -0.2) is 18.1 Å². The van der Waals surface area contributed by atoms with Gasteiger partial charge in [-0.2, -0.15) is 10.2 Å². The van der Waals surface area contributed by atoms with Crippen molar-refractivity contribution in [2.75, 3.05) is 22.7 Å². The van der Waals surface area contributed by atoms with Crippen LogP contribution in [0.15, 0.2) is 53.4 Å². The van der Waals surface area contributed by atoms with Crippen molar-refractivity contribution in [2.45, 2.75) is 31.1 Å². The van der Waals surface area contributed by atoms with Gasteiger partial charge in [-0.3, -0.25) is 0 Å². The molecule has 7 nitrogen and oxygen atoms in total. The lowest BCUT2D eigenvalue weighted by molar-refractivity contribution is 0.573. The maximum atomic E-state index is 13.0. The first-order chi connectivity index (χ1) is 15.4. The molecule has 2 heterocycles. The Kier molecular flexibility index (Phi) is 6.31. The van der Waals surface area contributed by atoms with Gasteiger partial charge >= 0.3 is 0 Å². The SMILES string of the molecule is Cc1ccc(S(=O)(=O)Nc2nc(-c3ccc(Cl)cc3)c(C#N)c(N3CCCCC3)n2)cc1. The normalized spacial score (nSPS) is 14.1. The molecule has 0 atom stereocenters. The Labute approximate surface area is 192 Å². The zero-order chi connectivity index (χ0) is 22.7. The summed E-state index contributed by atoms with van der Waals surface area (Å²) in [6.07, 6.45) is 3.07. The summed E-state index contributed by atoms with van der Waals surface area (Å²) in [5, 5.41) is 10.5. The molecule has 3 aromatic rings. The fourth-order valence-electron chi connectivity index (χ4n) is 3.65. The van der Waals surface area contributed by atoms with Gasteiger partial charge in [0, 0.05) is 23.7 Å². The second kappa shape index (κ2) is 9.15. The molecule has 4 rings (SSSR count). The monoisotopic (exact) mass is 467 g/mol. The van der Waals surface area contributed by atoms with E-state index < -0.39 is 10.0 Å². The number of aryl methyl sites for hydroxylation is 1. The molecule has 1 aliphatic rings. The van der Waals surface area contributed by atoms with Crippen LogP contribution in [0.2, 0.25) is 5.02 Å². The highest BCUT2D eigenvalue weighted by Gasteiger charge is 2.24. The van der Waals surface area contributed by atoms with Crippen LogP contribution in [0.5, 0.6) is 0 Å². The lowest BCUT2D eigenvalue weighted by Crippen LogP contribution is -2.31. The minimum Gasteiger partial charge on any atom is -0.355 e. The summed E-state index contributed by atoms with van der Waals surface area (Å²) in [5.74, 6) is 0.365. The Morgan fingerprint density at radius 2 is 1.66 bits per heavy atom. The Morgan fingerprint density at radius 1 is 1.00 bits per heavy atom. The number of sulfonamides is 1. The zero-order valence-electron chi connectivity index (χ0n) is 17.5. The van der Waals surface area contributed by atoms with Crippen molar-refractivity contribution >= 4 is 33.4 Å². The molecule has 164 valence electrons. The summed E-state index contributed by atoms with van der Waals surface area (Å²) in [5.41, 5.74) is 2.28. The summed E-state index contributed by atoms with van der Waals surface area (Å²) in [6, 6.07) is 15.7. The number of nitrogens with one attached hydrogen (secondary N) is 1. The molecule has 9 heteroatoms. The van der Waals surface area contributed by atoms with Crippen LogP contribution in [0.1, 0.15) is 30.4 Å². The van der Waals surface area contributed by atoms with Crippen molar-refractivity contribution in [1.82, 2.24) is 9.97 Å².